The molecular weight excluding hydrogens is 472 g/mol. The number of benzene rings is 1. The highest BCUT2D eigenvalue weighted by atomic mass is 19.1. The normalized spacial score (nSPS) is 21.4. The third-order valence-corrected chi connectivity index (χ3v) is 7.33. The molecule has 3 heterocycles. The highest BCUT2D eigenvalue weighted by molar-refractivity contribution is 5.70. The third-order valence-electron chi connectivity index (χ3n) is 7.33. The summed E-state index contributed by atoms with van der Waals surface area (Å²) in [5, 5.41) is 6.41. The molecule has 0 bridgehead atoms. The topological polar surface area (TPSA) is 71.8 Å². The van der Waals surface area contributed by atoms with E-state index in [0.717, 1.165) is 48.2 Å². The largest absolute Gasteiger partial charge is 0.298 e. The van der Waals surface area contributed by atoms with Crippen molar-refractivity contribution in [2.75, 3.05) is 7.05 Å². The van der Waals surface area contributed by atoms with Gasteiger partial charge in [0.1, 0.15) is 18.0 Å². The van der Waals surface area contributed by atoms with Gasteiger partial charge < -0.3 is 0 Å². The van der Waals surface area contributed by atoms with Gasteiger partial charge in [0.05, 0.1) is 22.4 Å². The van der Waals surface area contributed by atoms with Gasteiger partial charge in [-0.05, 0) is 67.5 Å². The maximum atomic E-state index is 14.6. The van der Waals surface area contributed by atoms with Gasteiger partial charge in [0.25, 0.3) is 5.95 Å². The lowest BCUT2D eigenvalue weighted by Gasteiger charge is -2.46. The Kier molecular flexibility index (Phi) is 6.39. The van der Waals surface area contributed by atoms with E-state index in [0.29, 0.717) is 17.5 Å². The van der Waals surface area contributed by atoms with E-state index in [4.69, 9.17) is 4.98 Å². The Morgan fingerprint density at radius 3 is 2.70 bits per heavy atom. The molecule has 2 aliphatic rings. The minimum atomic E-state index is -0.600. The van der Waals surface area contributed by atoms with Crippen molar-refractivity contribution in [3.8, 4) is 5.95 Å². The van der Waals surface area contributed by atoms with Crippen LogP contribution in [0, 0.1) is 17.6 Å². The molecule has 0 fully saturated rings. The van der Waals surface area contributed by atoms with Gasteiger partial charge in [-0.15, -0.1) is 5.10 Å². The predicted molar refractivity (Wildman–Crippen MR) is 139 cm³/mol. The van der Waals surface area contributed by atoms with E-state index in [1.807, 2.05) is 24.2 Å². The van der Waals surface area contributed by atoms with Crippen molar-refractivity contribution < 1.29 is 8.78 Å². The highest BCUT2D eigenvalue weighted by Crippen LogP contribution is 2.48. The van der Waals surface area contributed by atoms with Gasteiger partial charge in [-0.25, -0.2) is 23.7 Å². The molecule has 2 atom stereocenters. The van der Waals surface area contributed by atoms with Crippen LogP contribution in [0.2, 0.25) is 0 Å². The second-order valence-electron chi connectivity index (χ2n) is 10.0. The first kappa shape index (κ1) is 24.8. The molecule has 5 rings (SSSR count). The second-order valence-corrected chi connectivity index (χ2v) is 10.0. The molecule has 2 aromatic heterocycles. The highest BCUT2D eigenvalue weighted by Gasteiger charge is 2.43. The SMILES string of the molecule is C=C(CCC)c1ncn(-c2nccc([C@@]3(C)CC[C@H](C)C4=C3N(C)NC(c3c(F)cccc3F)=C4)n2)n1. The number of hydrazine groups is 1. The van der Waals surface area contributed by atoms with Gasteiger partial charge in [0.2, 0.25) is 0 Å². The van der Waals surface area contributed by atoms with Crippen molar-refractivity contribution >= 4 is 11.3 Å². The number of hydrogen-bond donors (Lipinski definition) is 1. The predicted octanol–water partition coefficient (Wildman–Crippen LogP) is 5.58. The van der Waals surface area contributed by atoms with Crippen LogP contribution in [0.5, 0.6) is 0 Å². The number of nitrogens with one attached hydrogen (secondary N) is 1. The van der Waals surface area contributed by atoms with Gasteiger partial charge in [-0.1, -0.05) is 32.9 Å². The fraction of sp³-hybridized carbons (Fsp3) is 0.357. The van der Waals surface area contributed by atoms with Gasteiger partial charge in [-0.2, -0.15) is 4.68 Å². The molecular formula is C28H31F2N7. The number of allylic oxidation sites excluding steroid dienone is 4. The lowest BCUT2D eigenvalue weighted by molar-refractivity contribution is 0.244. The van der Waals surface area contributed by atoms with Crippen LogP contribution in [0.4, 0.5) is 8.78 Å². The zero-order chi connectivity index (χ0) is 26.3. The Morgan fingerprint density at radius 2 is 1.97 bits per heavy atom. The minimum Gasteiger partial charge on any atom is -0.298 e. The smallest absolute Gasteiger partial charge is 0.252 e. The van der Waals surface area contributed by atoms with Crippen LogP contribution < -0.4 is 5.43 Å². The summed E-state index contributed by atoms with van der Waals surface area (Å²) in [4.78, 5) is 13.7. The monoisotopic (exact) mass is 503 g/mol. The molecule has 7 nitrogen and oxygen atoms in total. The minimum absolute atomic E-state index is 0.0589. The standard InChI is InChI=1S/C28H31F2N7/c1-6-8-18(3)26-32-16-37(35-26)27-31-14-12-23(33-27)28(4)13-11-17(2)19-15-22(34-36(5)25(19)28)24-20(29)9-7-10-21(24)30/h7,9-10,12,14-17,34H,3,6,8,11,13H2,1-2,4-5H3/t17-,28+/m0/s1. The maximum Gasteiger partial charge on any atom is 0.252 e. The number of rotatable bonds is 6. The molecule has 1 N–H and O–H groups in total. The molecule has 0 unspecified atom stereocenters. The molecule has 0 saturated carbocycles. The molecule has 3 aromatic rings. The molecule has 1 aliphatic heterocycles. The summed E-state index contributed by atoms with van der Waals surface area (Å²) in [7, 11) is 1.88. The van der Waals surface area contributed by atoms with Crippen molar-refractivity contribution in [2.45, 2.75) is 51.9 Å². The summed E-state index contributed by atoms with van der Waals surface area (Å²) in [6, 6.07) is 5.84. The van der Waals surface area contributed by atoms with Crippen molar-refractivity contribution in [1.29, 1.82) is 0 Å². The van der Waals surface area contributed by atoms with Crippen molar-refractivity contribution in [1.82, 2.24) is 35.2 Å². The van der Waals surface area contributed by atoms with Crippen LogP contribution in [-0.2, 0) is 5.41 Å². The lowest BCUT2D eigenvalue weighted by Crippen LogP contribution is -2.47. The Bertz CT molecular complexity index is 1400. The van der Waals surface area contributed by atoms with Gasteiger partial charge in [0.15, 0.2) is 5.82 Å². The molecule has 1 aliphatic carbocycles. The molecule has 0 radical (unpaired) electrons. The Balaban J connectivity index is 1.57. The zero-order valence-corrected chi connectivity index (χ0v) is 21.6. The number of halogens is 2. The number of likely N-dealkylation sites (N-methyl/N-ethyl adjacent to an activating group) is 1. The Morgan fingerprint density at radius 1 is 1.22 bits per heavy atom. The lowest BCUT2D eigenvalue weighted by atomic mass is 9.68. The van der Waals surface area contributed by atoms with Crippen LogP contribution in [0.15, 0.2) is 60.7 Å². The van der Waals surface area contributed by atoms with Crippen LogP contribution in [0.25, 0.3) is 17.2 Å². The van der Waals surface area contributed by atoms with E-state index in [2.05, 4.69) is 47.8 Å². The van der Waals surface area contributed by atoms with E-state index in [1.54, 1.807) is 17.2 Å². The van der Waals surface area contributed by atoms with Gasteiger partial charge in [-0.3, -0.25) is 10.4 Å². The van der Waals surface area contributed by atoms with Crippen molar-refractivity contribution in [2.24, 2.45) is 5.92 Å². The quantitative estimate of drug-likeness (QED) is 0.473. The number of hydrogen-bond acceptors (Lipinski definition) is 6. The first-order valence-corrected chi connectivity index (χ1v) is 12.6. The molecule has 0 amide bonds. The van der Waals surface area contributed by atoms with Crippen LogP contribution >= 0.6 is 0 Å². The van der Waals surface area contributed by atoms with Crippen molar-refractivity contribution in [3.05, 3.63) is 89.4 Å². The van der Waals surface area contributed by atoms with E-state index >= 15 is 0 Å². The molecule has 192 valence electrons. The third kappa shape index (κ3) is 4.32. The van der Waals surface area contributed by atoms with Crippen LogP contribution in [0.1, 0.15) is 63.5 Å². The summed E-state index contributed by atoms with van der Waals surface area (Å²) in [6.07, 6.45) is 8.76. The summed E-state index contributed by atoms with van der Waals surface area (Å²) in [5.41, 5.74) is 6.86. The average molecular weight is 504 g/mol. The van der Waals surface area contributed by atoms with E-state index in [-0.39, 0.29) is 11.5 Å². The van der Waals surface area contributed by atoms with E-state index < -0.39 is 17.0 Å². The van der Waals surface area contributed by atoms with E-state index in [9.17, 15) is 8.78 Å². The average Bonchev–Trinajstić information content (AvgIpc) is 3.37. The van der Waals surface area contributed by atoms with Crippen molar-refractivity contribution in [3.63, 3.8) is 0 Å². The maximum absolute atomic E-state index is 14.6. The van der Waals surface area contributed by atoms with E-state index in [1.165, 1.54) is 18.2 Å². The summed E-state index contributed by atoms with van der Waals surface area (Å²) >= 11 is 0. The first-order chi connectivity index (χ1) is 17.7. The first-order valence-electron chi connectivity index (χ1n) is 12.6. The zero-order valence-electron chi connectivity index (χ0n) is 21.6. The Hall–Kier alpha value is -3.88. The van der Waals surface area contributed by atoms with Gasteiger partial charge in [0, 0.05) is 18.9 Å². The molecule has 0 spiro atoms. The molecule has 37 heavy (non-hydrogen) atoms. The van der Waals surface area contributed by atoms with Crippen LogP contribution in [0.3, 0.4) is 0 Å². The number of nitrogens with zero attached hydrogens (tertiary/aromatic N) is 6. The second kappa shape index (κ2) is 9.53. The fourth-order valence-electron chi connectivity index (χ4n) is 5.36. The summed E-state index contributed by atoms with van der Waals surface area (Å²) < 4.78 is 30.8. The van der Waals surface area contributed by atoms with Crippen LogP contribution in [-0.4, -0.2) is 36.8 Å². The van der Waals surface area contributed by atoms with Gasteiger partial charge >= 0.3 is 0 Å². The summed E-state index contributed by atoms with van der Waals surface area (Å²) in [5.74, 6) is 0.0287. The molecule has 1 aromatic carbocycles. The molecule has 0 saturated heterocycles. The number of aromatic nitrogens is 5. The summed E-state index contributed by atoms with van der Waals surface area (Å²) in [6.45, 7) is 10.5. The fourth-order valence-corrected chi connectivity index (χ4v) is 5.36. The molecule has 9 heteroatoms. The Labute approximate surface area is 215 Å².